The van der Waals surface area contributed by atoms with E-state index in [1.165, 1.54) is 45.3 Å². The van der Waals surface area contributed by atoms with E-state index in [0.29, 0.717) is 0 Å². The van der Waals surface area contributed by atoms with Crippen LogP contribution in [0, 0.1) is 0 Å². The van der Waals surface area contributed by atoms with E-state index in [1.807, 2.05) is 0 Å². The Kier molecular flexibility index (Phi) is 6.32. The number of nitrogens with one attached hydrogen (secondary N) is 1. The quantitative estimate of drug-likeness (QED) is 0.709. The van der Waals surface area contributed by atoms with Gasteiger partial charge in [-0.1, -0.05) is 6.92 Å². The molecule has 1 aliphatic rings. The number of rotatable bonds is 7. The van der Waals surface area contributed by atoms with Crippen LogP contribution < -0.4 is 5.32 Å². The largest absolute Gasteiger partial charge is 0.317 e. The van der Waals surface area contributed by atoms with Crippen molar-refractivity contribution in [1.29, 1.82) is 0 Å². The maximum Gasteiger partial charge on any atom is 0.0110 e. The van der Waals surface area contributed by atoms with E-state index in [1.54, 1.807) is 0 Å². The standard InChI is InChI=1S/C13H29N3/c1-5-16(10-6-9-15(3)4)13-8-7-12(11-13)14-2/h12-14H,5-11H2,1-4H3. The van der Waals surface area contributed by atoms with Crippen molar-refractivity contribution in [2.45, 2.75) is 44.7 Å². The van der Waals surface area contributed by atoms with Gasteiger partial charge >= 0.3 is 0 Å². The van der Waals surface area contributed by atoms with Gasteiger partial charge in [0.25, 0.3) is 0 Å². The number of hydrogen-bond donors (Lipinski definition) is 1. The molecule has 3 nitrogen and oxygen atoms in total. The molecule has 1 N–H and O–H groups in total. The lowest BCUT2D eigenvalue weighted by molar-refractivity contribution is 0.196. The molecule has 0 aromatic rings. The molecule has 1 saturated carbocycles. The summed E-state index contributed by atoms with van der Waals surface area (Å²) in [5.41, 5.74) is 0. The second-order valence-electron chi connectivity index (χ2n) is 5.24. The molecule has 0 saturated heterocycles. The molecule has 1 aliphatic carbocycles. The van der Waals surface area contributed by atoms with Gasteiger partial charge in [-0.25, -0.2) is 0 Å². The topological polar surface area (TPSA) is 18.5 Å². The minimum atomic E-state index is 0.757. The molecule has 0 spiro atoms. The molecule has 0 aromatic heterocycles. The highest BCUT2D eigenvalue weighted by Crippen LogP contribution is 2.23. The average Bonchev–Trinajstić information content (AvgIpc) is 2.72. The fourth-order valence-corrected chi connectivity index (χ4v) is 2.74. The van der Waals surface area contributed by atoms with E-state index >= 15 is 0 Å². The van der Waals surface area contributed by atoms with E-state index in [0.717, 1.165) is 12.1 Å². The Labute approximate surface area is 101 Å². The zero-order valence-corrected chi connectivity index (χ0v) is 11.5. The number of nitrogens with zero attached hydrogens (tertiary/aromatic N) is 2. The van der Waals surface area contributed by atoms with Crippen molar-refractivity contribution < 1.29 is 0 Å². The van der Waals surface area contributed by atoms with Crippen molar-refractivity contribution in [3.63, 3.8) is 0 Å². The summed E-state index contributed by atoms with van der Waals surface area (Å²) in [6.07, 6.45) is 5.36. The monoisotopic (exact) mass is 227 g/mol. The van der Waals surface area contributed by atoms with E-state index < -0.39 is 0 Å². The molecule has 16 heavy (non-hydrogen) atoms. The first-order valence-electron chi connectivity index (χ1n) is 6.73. The molecule has 1 fully saturated rings. The lowest BCUT2D eigenvalue weighted by atomic mass is 10.2. The van der Waals surface area contributed by atoms with Gasteiger partial charge in [-0.05, 0) is 66.5 Å². The maximum absolute atomic E-state index is 3.41. The Morgan fingerprint density at radius 1 is 1.19 bits per heavy atom. The second kappa shape index (κ2) is 7.25. The van der Waals surface area contributed by atoms with Crippen molar-refractivity contribution >= 4 is 0 Å². The maximum atomic E-state index is 3.41. The van der Waals surface area contributed by atoms with Gasteiger partial charge in [0.2, 0.25) is 0 Å². The molecule has 0 heterocycles. The molecule has 1 rings (SSSR count). The minimum absolute atomic E-state index is 0.757. The highest BCUT2D eigenvalue weighted by Gasteiger charge is 2.27. The molecule has 96 valence electrons. The summed E-state index contributed by atoms with van der Waals surface area (Å²) in [5.74, 6) is 0. The molecule has 2 unspecified atom stereocenters. The van der Waals surface area contributed by atoms with Crippen molar-refractivity contribution in [3.8, 4) is 0 Å². The van der Waals surface area contributed by atoms with Crippen molar-refractivity contribution in [3.05, 3.63) is 0 Å². The molecule has 0 aromatic carbocycles. The molecule has 0 aliphatic heterocycles. The summed E-state index contributed by atoms with van der Waals surface area (Å²) >= 11 is 0. The number of hydrogen-bond acceptors (Lipinski definition) is 3. The van der Waals surface area contributed by atoms with Crippen LogP contribution in [-0.4, -0.2) is 62.7 Å². The third-order valence-electron chi connectivity index (χ3n) is 3.79. The summed E-state index contributed by atoms with van der Waals surface area (Å²) < 4.78 is 0. The van der Waals surface area contributed by atoms with Crippen molar-refractivity contribution in [2.24, 2.45) is 0 Å². The Balaban J connectivity index is 2.25. The fourth-order valence-electron chi connectivity index (χ4n) is 2.74. The van der Waals surface area contributed by atoms with Gasteiger partial charge < -0.3 is 15.1 Å². The predicted octanol–water partition coefficient (Wildman–Crippen LogP) is 1.40. The van der Waals surface area contributed by atoms with Gasteiger partial charge in [0.1, 0.15) is 0 Å². The molecule has 3 heteroatoms. The van der Waals surface area contributed by atoms with Gasteiger partial charge in [-0.15, -0.1) is 0 Å². The van der Waals surface area contributed by atoms with E-state index in [2.05, 4.69) is 43.2 Å². The Morgan fingerprint density at radius 2 is 1.94 bits per heavy atom. The third-order valence-corrected chi connectivity index (χ3v) is 3.79. The zero-order valence-electron chi connectivity index (χ0n) is 11.5. The normalized spacial score (nSPS) is 25.9. The summed E-state index contributed by atoms with van der Waals surface area (Å²) in [5, 5.41) is 3.41. The van der Waals surface area contributed by atoms with E-state index in [4.69, 9.17) is 0 Å². The molecule has 0 radical (unpaired) electrons. The van der Waals surface area contributed by atoms with E-state index in [-0.39, 0.29) is 0 Å². The van der Waals surface area contributed by atoms with Gasteiger partial charge in [-0.2, -0.15) is 0 Å². The smallest absolute Gasteiger partial charge is 0.0110 e. The first-order valence-corrected chi connectivity index (χ1v) is 6.73. The average molecular weight is 227 g/mol. The van der Waals surface area contributed by atoms with Gasteiger partial charge in [-0.3, -0.25) is 0 Å². The second-order valence-corrected chi connectivity index (χ2v) is 5.24. The van der Waals surface area contributed by atoms with Crippen LogP contribution in [0.25, 0.3) is 0 Å². The Hall–Kier alpha value is -0.120. The lowest BCUT2D eigenvalue weighted by Gasteiger charge is -2.28. The van der Waals surface area contributed by atoms with Crippen LogP contribution in [0.3, 0.4) is 0 Å². The van der Waals surface area contributed by atoms with Crippen molar-refractivity contribution in [2.75, 3.05) is 40.8 Å². The molecular formula is C13H29N3. The lowest BCUT2D eigenvalue weighted by Crippen LogP contribution is -2.36. The Morgan fingerprint density at radius 3 is 2.44 bits per heavy atom. The summed E-state index contributed by atoms with van der Waals surface area (Å²) in [6.45, 7) is 5.96. The van der Waals surface area contributed by atoms with E-state index in [9.17, 15) is 0 Å². The molecular weight excluding hydrogens is 198 g/mol. The first kappa shape index (κ1) is 13.9. The zero-order chi connectivity index (χ0) is 12.0. The first-order chi connectivity index (χ1) is 7.67. The van der Waals surface area contributed by atoms with Crippen LogP contribution >= 0.6 is 0 Å². The van der Waals surface area contributed by atoms with Crippen LogP contribution in [0.1, 0.15) is 32.6 Å². The Bertz CT molecular complexity index is 182. The van der Waals surface area contributed by atoms with Crippen LogP contribution in [-0.2, 0) is 0 Å². The van der Waals surface area contributed by atoms with Crippen LogP contribution in [0.15, 0.2) is 0 Å². The fraction of sp³-hybridized carbons (Fsp3) is 1.00. The van der Waals surface area contributed by atoms with Gasteiger partial charge in [0.05, 0.1) is 0 Å². The summed E-state index contributed by atoms with van der Waals surface area (Å²) in [4.78, 5) is 4.94. The highest BCUT2D eigenvalue weighted by molar-refractivity contribution is 4.85. The predicted molar refractivity (Wildman–Crippen MR) is 70.9 cm³/mol. The molecule has 2 atom stereocenters. The summed E-state index contributed by atoms with van der Waals surface area (Å²) in [7, 11) is 6.40. The van der Waals surface area contributed by atoms with Gasteiger partial charge in [0, 0.05) is 12.1 Å². The molecule has 0 amide bonds. The SMILES string of the molecule is CCN(CCCN(C)C)C1CCC(NC)C1. The van der Waals surface area contributed by atoms with Gasteiger partial charge in [0.15, 0.2) is 0 Å². The summed E-state index contributed by atoms with van der Waals surface area (Å²) in [6, 6.07) is 1.58. The molecule has 0 bridgehead atoms. The highest BCUT2D eigenvalue weighted by atomic mass is 15.2. The van der Waals surface area contributed by atoms with Crippen LogP contribution in [0.2, 0.25) is 0 Å². The third kappa shape index (κ3) is 4.40. The van der Waals surface area contributed by atoms with Crippen LogP contribution in [0.5, 0.6) is 0 Å². The van der Waals surface area contributed by atoms with Crippen molar-refractivity contribution in [1.82, 2.24) is 15.1 Å². The minimum Gasteiger partial charge on any atom is -0.317 e. The van der Waals surface area contributed by atoms with Crippen LogP contribution in [0.4, 0.5) is 0 Å².